The first-order chi connectivity index (χ1) is 18.0. The number of hydrogen-bond acceptors (Lipinski definition) is 9. The molecule has 0 spiro atoms. The van der Waals surface area contributed by atoms with E-state index in [4.69, 9.17) is 9.72 Å². The maximum atomic E-state index is 13.6. The van der Waals surface area contributed by atoms with Crippen LogP contribution in [0.5, 0.6) is 5.75 Å². The topological polar surface area (TPSA) is 133 Å². The van der Waals surface area contributed by atoms with Gasteiger partial charge in [-0.3, -0.25) is 9.47 Å². The maximum Gasteiger partial charge on any atom is 0.243 e. The maximum absolute atomic E-state index is 13.6. The summed E-state index contributed by atoms with van der Waals surface area (Å²) in [4.78, 5) is 12.6. The normalized spacial score (nSPS) is 16.6. The molecule has 2 aromatic heterocycles. The first-order valence-corrected chi connectivity index (χ1v) is 14.2. The van der Waals surface area contributed by atoms with Crippen LogP contribution < -0.4 is 9.64 Å². The summed E-state index contributed by atoms with van der Waals surface area (Å²) in [6.07, 6.45) is 3.56. The van der Waals surface area contributed by atoms with E-state index in [-0.39, 0.29) is 11.5 Å². The van der Waals surface area contributed by atoms with Crippen LogP contribution in [0.25, 0.3) is 22.9 Å². The fraction of sp³-hybridized carbons (Fsp3) is 0.542. The Kier molecular flexibility index (Phi) is 7.47. The van der Waals surface area contributed by atoms with Gasteiger partial charge in [-0.05, 0) is 31.5 Å². The Balaban J connectivity index is 1.52. The molecule has 0 aliphatic carbocycles. The predicted molar refractivity (Wildman–Crippen MR) is 139 cm³/mol. The highest BCUT2D eigenvalue weighted by Crippen LogP contribution is 2.38. The zero-order valence-corrected chi connectivity index (χ0v) is 22.1. The zero-order chi connectivity index (χ0) is 26.0. The molecule has 0 unspecified atom stereocenters. The van der Waals surface area contributed by atoms with Crippen LogP contribution in [0.4, 0.5) is 5.82 Å². The van der Waals surface area contributed by atoms with Crippen LogP contribution in [0, 0.1) is 0 Å². The minimum atomic E-state index is -3.72. The number of imidazole rings is 1. The van der Waals surface area contributed by atoms with E-state index in [2.05, 4.69) is 38.8 Å². The molecule has 4 heterocycles. The summed E-state index contributed by atoms with van der Waals surface area (Å²) in [7, 11) is -3.72. The molecule has 37 heavy (non-hydrogen) atoms. The Bertz CT molecular complexity index is 1330. The molecule has 2 N–H and O–H groups in total. The fourth-order valence-electron chi connectivity index (χ4n) is 4.72. The third-order valence-corrected chi connectivity index (χ3v) is 8.77. The molecular formula is C24H34N8O4S. The van der Waals surface area contributed by atoms with Gasteiger partial charge in [0.1, 0.15) is 23.6 Å². The van der Waals surface area contributed by atoms with E-state index >= 15 is 0 Å². The average molecular weight is 531 g/mol. The SMILES string of the molecule is CCCCOc1ccc(S(=O)(=O)N2CCN(CCO)CC2)cc1-c1nc2c([nH]1)-c1nncn1CN2CC. The number of aliphatic hydroxyl groups is 1. The average Bonchev–Trinajstić information content (AvgIpc) is 3.56. The summed E-state index contributed by atoms with van der Waals surface area (Å²) in [5, 5.41) is 17.5. The van der Waals surface area contributed by atoms with E-state index in [0.717, 1.165) is 30.9 Å². The van der Waals surface area contributed by atoms with Crippen LogP contribution in [-0.2, 0) is 16.7 Å². The predicted octanol–water partition coefficient (Wildman–Crippen LogP) is 1.61. The van der Waals surface area contributed by atoms with Crippen molar-refractivity contribution < 1.29 is 18.3 Å². The Labute approximate surface area is 216 Å². The second-order valence-corrected chi connectivity index (χ2v) is 11.2. The summed E-state index contributed by atoms with van der Waals surface area (Å²) in [6.45, 7) is 8.55. The van der Waals surface area contributed by atoms with Crippen molar-refractivity contribution in [2.24, 2.45) is 0 Å². The van der Waals surface area contributed by atoms with Crippen molar-refractivity contribution >= 4 is 15.8 Å². The number of fused-ring (bicyclic) bond motifs is 3. The van der Waals surface area contributed by atoms with Crippen molar-refractivity contribution in [2.45, 2.75) is 38.3 Å². The number of nitrogens with one attached hydrogen (secondary N) is 1. The largest absolute Gasteiger partial charge is 0.493 e. The van der Waals surface area contributed by atoms with Gasteiger partial charge in [-0.25, -0.2) is 13.4 Å². The number of ether oxygens (including phenoxy) is 1. The van der Waals surface area contributed by atoms with Crippen molar-refractivity contribution in [1.82, 2.24) is 33.9 Å². The molecule has 200 valence electrons. The molecule has 1 aromatic carbocycles. The second-order valence-electron chi connectivity index (χ2n) is 9.24. The van der Waals surface area contributed by atoms with Gasteiger partial charge in [0.05, 0.1) is 30.3 Å². The minimum Gasteiger partial charge on any atom is -0.493 e. The summed E-state index contributed by atoms with van der Waals surface area (Å²) < 4.78 is 36.7. The van der Waals surface area contributed by atoms with Crippen LogP contribution in [0.1, 0.15) is 26.7 Å². The van der Waals surface area contributed by atoms with E-state index in [1.165, 1.54) is 4.31 Å². The van der Waals surface area contributed by atoms with E-state index < -0.39 is 10.0 Å². The molecule has 1 saturated heterocycles. The number of H-pyrrole nitrogens is 1. The van der Waals surface area contributed by atoms with E-state index in [1.807, 2.05) is 4.57 Å². The lowest BCUT2D eigenvalue weighted by atomic mass is 10.2. The molecule has 5 rings (SSSR count). The lowest BCUT2D eigenvalue weighted by Gasteiger charge is -2.33. The van der Waals surface area contributed by atoms with Crippen molar-refractivity contribution in [1.29, 1.82) is 0 Å². The van der Waals surface area contributed by atoms with E-state index in [1.54, 1.807) is 24.5 Å². The number of rotatable bonds is 10. The van der Waals surface area contributed by atoms with Gasteiger partial charge in [0, 0.05) is 39.3 Å². The molecule has 2 aliphatic heterocycles. The Hall–Kier alpha value is -3.00. The first kappa shape index (κ1) is 25.6. The van der Waals surface area contributed by atoms with Gasteiger partial charge in [-0.2, -0.15) is 4.31 Å². The Morgan fingerprint density at radius 3 is 2.70 bits per heavy atom. The van der Waals surface area contributed by atoms with Gasteiger partial charge < -0.3 is 19.7 Å². The van der Waals surface area contributed by atoms with Crippen LogP contribution in [0.15, 0.2) is 29.4 Å². The third-order valence-electron chi connectivity index (χ3n) is 6.88. The third kappa shape index (κ3) is 4.96. The standard InChI is InChI=1S/C24H34N8O4S/c1-3-5-14-36-20-7-6-18(37(34,35)32-10-8-29(9-11-32)12-13-33)15-19(20)22-26-21-23(27-22)30(4-2)17-31-16-25-28-24(21)31/h6-7,15-16,33H,3-5,8-14,17H2,1-2H3,(H,26,27). The van der Waals surface area contributed by atoms with Gasteiger partial charge in [-0.15, -0.1) is 10.2 Å². The number of aromatic amines is 1. The first-order valence-electron chi connectivity index (χ1n) is 12.8. The lowest BCUT2D eigenvalue weighted by molar-refractivity contribution is 0.151. The van der Waals surface area contributed by atoms with Gasteiger partial charge in [0.2, 0.25) is 10.0 Å². The lowest BCUT2D eigenvalue weighted by Crippen LogP contribution is -2.49. The van der Waals surface area contributed by atoms with Gasteiger partial charge in [0.25, 0.3) is 0 Å². The number of piperazine rings is 1. The highest BCUT2D eigenvalue weighted by Gasteiger charge is 2.31. The molecule has 13 heteroatoms. The quantitative estimate of drug-likeness (QED) is 0.375. The summed E-state index contributed by atoms with van der Waals surface area (Å²) >= 11 is 0. The highest BCUT2D eigenvalue weighted by atomic mass is 32.2. The molecule has 0 radical (unpaired) electrons. The van der Waals surface area contributed by atoms with Crippen LogP contribution in [0.3, 0.4) is 0 Å². The second kappa shape index (κ2) is 10.8. The summed E-state index contributed by atoms with van der Waals surface area (Å²) in [5.41, 5.74) is 1.33. The van der Waals surface area contributed by atoms with Crippen molar-refractivity contribution in [3.05, 3.63) is 24.5 Å². The molecular weight excluding hydrogens is 496 g/mol. The monoisotopic (exact) mass is 530 g/mol. The summed E-state index contributed by atoms with van der Waals surface area (Å²) in [6, 6.07) is 4.99. The van der Waals surface area contributed by atoms with Crippen molar-refractivity contribution in [3.63, 3.8) is 0 Å². The Morgan fingerprint density at radius 2 is 1.97 bits per heavy atom. The number of benzene rings is 1. The van der Waals surface area contributed by atoms with Crippen LogP contribution in [-0.4, -0.2) is 99.9 Å². The summed E-state index contributed by atoms with van der Waals surface area (Å²) in [5.74, 6) is 2.55. The number of unbranched alkanes of at least 4 members (excludes halogenated alkanes) is 1. The van der Waals surface area contributed by atoms with Gasteiger partial charge in [-0.1, -0.05) is 13.3 Å². The Morgan fingerprint density at radius 1 is 1.16 bits per heavy atom. The van der Waals surface area contributed by atoms with E-state index in [9.17, 15) is 13.5 Å². The van der Waals surface area contributed by atoms with Crippen molar-refractivity contribution in [2.75, 3.05) is 57.4 Å². The number of aromatic nitrogens is 5. The molecule has 12 nitrogen and oxygen atoms in total. The zero-order valence-electron chi connectivity index (χ0n) is 21.3. The van der Waals surface area contributed by atoms with E-state index in [0.29, 0.717) is 69.0 Å². The number of aliphatic hydroxyl groups excluding tert-OH is 1. The minimum absolute atomic E-state index is 0.0640. The fourth-order valence-corrected chi connectivity index (χ4v) is 6.17. The number of β-amino-alcohol motifs (C(OH)–C–C–N with tert-alkyl or cyclic N) is 1. The molecule has 0 amide bonds. The van der Waals surface area contributed by atoms with Gasteiger partial charge in [0.15, 0.2) is 11.6 Å². The molecule has 0 saturated carbocycles. The molecule has 0 atom stereocenters. The molecule has 2 aliphatic rings. The number of sulfonamides is 1. The molecule has 0 bridgehead atoms. The number of nitrogens with zero attached hydrogens (tertiary/aromatic N) is 7. The highest BCUT2D eigenvalue weighted by molar-refractivity contribution is 7.89. The molecule has 1 fully saturated rings. The van der Waals surface area contributed by atoms with Crippen LogP contribution in [0.2, 0.25) is 0 Å². The number of anilines is 1. The van der Waals surface area contributed by atoms with Gasteiger partial charge >= 0.3 is 0 Å². The number of hydrogen-bond donors (Lipinski definition) is 2. The molecule has 3 aromatic rings. The smallest absolute Gasteiger partial charge is 0.243 e. The van der Waals surface area contributed by atoms with Crippen LogP contribution >= 0.6 is 0 Å². The van der Waals surface area contributed by atoms with Crippen molar-refractivity contribution in [3.8, 4) is 28.7 Å².